The Labute approximate surface area is 147 Å². The van der Waals surface area contributed by atoms with Gasteiger partial charge in [-0.15, -0.1) is 0 Å². The van der Waals surface area contributed by atoms with Gasteiger partial charge < -0.3 is 20.1 Å². The quantitative estimate of drug-likeness (QED) is 0.844. The Kier molecular flexibility index (Phi) is 4.97. The van der Waals surface area contributed by atoms with Gasteiger partial charge in [0.05, 0.1) is 13.0 Å². The molecule has 0 spiro atoms. The van der Waals surface area contributed by atoms with E-state index >= 15 is 0 Å². The highest BCUT2D eigenvalue weighted by molar-refractivity contribution is 5.92. The number of ether oxygens (including phenoxy) is 2. The third-order valence-corrected chi connectivity index (χ3v) is 4.79. The number of carbonyl (C=O) groups excluding carboxylic acids is 2. The van der Waals surface area contributed by atoms with Crippen LogP contribution in [0.2, 0.25) is 0 Å². The Bertz CT molecular complexity index is 714. The van der Waals surface area contributed by atoms with Crippen molar-refractivity contribution in [3.63, 3.8) is 0 Å². The normalized spacial score (nSPS) is 22.6. The van der Waals surface area contributed by atoms with Gasteiger partial charge in [0, 0.05) is 36.7 Å². The van der Waals surface area contributed by atoms with Crippen LogP contribution in [0.5, 0.6) is 11.5 Å². The maximum absolute atomic E-state index is 12.4. The molecule has 6 heteroatoms. The molecule has 2 aliphatic heterocycles. The zero-order valence-electron chi connectivity index (χ0n) is 14.7. The lowest BCUT2D eigenvalue weighted by Crippen LogP contribution is -2.43. The van der Waals surface area contributed by atoms with E-state index in [2.05, 4.69) is 0 Å². The molecule has 0 saturated carbocycles. The Balaban J connectivity index is 1.74. The third kappa shape index (κ3) is 3.78. The molecule has 0 bridgehead atoms. The van der Waals surface area contributed by atoms with E-state index in [-0.39, 0.29) is 23.8 Å². The number of nitrogens with zero attached hydrogens (tertiary/aromatic N) is 1. The summed E-state index contributed by atoms with van der Waals surface area (Å²) in [6, 6.07) is 3.87. The molecule has 134 valence electrons. The topological polar surface area (TPSA) is 81.9 Å². The molecule has 25 heavy (non-hydrogen) atoms. The number of nitrogens with two attached hydrogens (primary N) is 1. The largest absolute Gasteiger partial charge is 0.496 e. The molecule has 1 aromatic carbocycles. The first-order chi connectivity index (χ1) is 12.0. The number of benzene rings is 1. The molecule has 0 aromatic heterocycles. The number of hydrogen-bond donors (Lipinski definition) is 1. The van der Waals surface area contributed by atoms with E-state index in [0.717, 1.165) is 36.1 Å². The number of rotatable bonds is 4. The zero-order valence-corrected chi connectivity index (χ0v) is 14.7. The molecule has 2 heterocycles. The number of hydrogen-bond acceptors (Lipinski definition) is 4. The van der Waals surface area contributed by atoms with E-state index in [1.165, 1.54) is 6.08 Å². The van der Waals surface area contributed by atoms with E-state index < -0.39 is 0 Å². The van der Waals surface area contributed by atoms with Crippen LogP contribution >= 0.6 is 0 Å². The monoisotopic (exact) mass is 344 g/mol. The highest BCUT2D eigenvalue weighted by atomic mass is 16.5. The van der Waals surface area contributed by atoms with Crippen molar-refractivity contribution in [1.29, 1.82) is 0 Å². The van der Waals surface area contributed by atoms with Crippen LogP contribution in [0.1, 0.15) is 30.9 Å². The van der Waals surface area contributed by atoms with Crippen LogP contribution in [0.25, 0.3) is 6.08 Å². The van der Waals surface area contributed by atoms with E-state index in [0.29, 0.717) is 18.8 Å². The summed E-state index contributed by atoms with van der Waals surface area (Å²) in [4.78, 5) is 25.5. The average molecular weight is 344 g/mol. The van der Waals surface area contributed by atoms with E-state index in [1.807, 2.05) is 19.1 Å². The van der Waals surface area contributed by atoms with E-state index in [9.17, 15) is 9.59 Å². The number of likely N-dealkylation sites (tertiary alicyclic amines) is 1. The van der Waals surface area contributed by atoms with Crippen molar-refractivity contribution >= 4 is 17.9 Å². The molecule has 2 amide bonds. The van der Waals surface area contributed by atoms with Gasteiger partial charge in [0.2, 0.25) is 11.8 Å². The zero-order chi connectivity index (χ0) is 18.0. The van der Waals surface area contributed by atoms with Crippen LogP contribution in [-0.4, -0.2) is 43.0 Å². The fraction of sp³-hybridized carbons (Fsp3) is 0.474. The molecule has 1 saturated heterocycles. The van der Waals surface area contributed by atoms with Gasteiger partial charge in [-0.2, -0.15) is 0 Å². The smallest absolute Gasteiger partial charge is 0.246 e. The molecule has 0 aliphatic carbocycles. The Morgan fingerprint density at radius 2 is 2.20 bits per heavy atom. The summed E-state index contributed by atoms with van der Waals surface area (Å²) < 4.78 is 11.2. The molecule has 6 nitrogen and oxygen atoms in total. The molecule has 1 fully saturated rings. The minimum Gasteiger partial charge on any atom is -0.496 e. The van der Waals surface area contributed by atoms with Gasteiger partial charge >= 0.3 is 0 Å². The minimum absolute atomic E-state index is 0.122. The van der Waals surface area contributed by atoms with Crippen LogP contribution in [0, 0.1) is 5.92 Å². The van der Waals surface area contributed by atoms with Gasteiger partial charge in [0.25, 0.3) is 0 Å². The molecular formula is C19H24N2O4. The summed E-state index contributed by atoms with van der Waals surface area (Å²) in [5, 5.41) is 0. The maximum atomic E-state index is 12.4. The van der Waals surface area contributed by atoms with Crippen LogP contribution in [-0.2, 0) is 16.0 Å². The minimum atomic E-state index is -0.340. The second kappa shape index (κ2) is 7.17. The summed E-state index contributed by atoms with van der Waals surface area (Å²) in [6.45, 7) is 3.06. The molecule has 3 rings (SSSR count). The molecule has 2 aliphatic rings. The predicted molar refractivity (Wildman–Crippen MR) is 94.3 cm³/mol. The molecule has 0 unspecified atom stereocenters. The van der Waals surface area contributed by atoms with Gasteiger partial charge in [0.15, 0.2) is 0 Å². The van der Waals surface area contributed by atoms with E-state index in [4.69, 9.17) is 15.2 Å². The summed E-state index contributed by atoms with van der Waals surface area (Å²) >= 11 is 0. The second-order valence-electron chi connectivity index (χ2n) is 6.69. The Morgan fingerprint density at radius 3 is 2.92 bits per heavy atom. The van der Waals surface area contributed by atoms with Crippen molar-refractivity contribution in [2.24, 2.45) is 11.7 Å². The van der Waals surface area contributed by atoms with Crippen molar-refractivity contribution in [1.82, 2.24) is 4.90 Å². The average Bonchev–Trinajstić information content (AvgIpc) is 2.97. The number of fused-ring (bicyclic) bond motifs is 1. The SMILES string of the molecule is COc1cc2c(cc1/C=C/C(=O)N1CCC[C@@H](C(N)=O)C1)O[C@@H](C)C2. The van der Waals surface area contributed by atoms with Crippen molar-refractivity contribution in [3.8, 4) is 11.5 Å². The lowest BCUT2D eigenvalue weighted by atomic mass is 9.97. The molecule has 0 radical (unpaired) electrons. The van der Waals surface area contributed by atoms with Gasteiger partial charge in [-0.25, -0.2) is 0 Å². The van der Waals surface area contributed by atoms with Crippen molar-refractivity contribution in [2.75, 3.05) is 20.2 Å². The number of primary amides is 1. The van der Waals surface area contributed by atoms with Crippen LogP contribution in [0.3, 0.4) is 0 Å². The first kappa shape index (κ1) is 17.3. The van der Waals surface area contributed by atoms with Crippen LogP contribution < -0.4 is 15.2 Å². The predicted octanol–water partition coefficient (Wildman–Crippen LogP) is 1.76. The Hall–Kier alpha value is -2.50. The number of piperidine rings is 1. The number of amides is 2. The highest BCUT2D eigenvalue weighted by Crippen LogP contribution is 2.35. The first-order valence-corrected chi connectivity index (χ1v) is 8.61. The summed E-state index contributed by atoms with van der Waals surface area (Å²) in [5.74, 6) is 0.840. The van der Waals surface area contributed by atoms with Gasteiger partial charge in [0.1, 0.15) is 17.6 Å². The molecule has 2 atom stereocenters. The maximum Gasteiger partial charge on any atom is 0.246 e. The van der Waals surface area contributed by atoms with Crippen molar-refractivity contribution in [3.05, 3.63) is 29.3 Å². The Morgan fingerprint density at radius 1 is 1.40 bits per heavy atom. The lowest BCUT2D eigenvalue weighted by Gasteiger charge is -2.30. The fourth-order valence-electron chi connectivity index (χ4n) is 3.44. The standard InChI is InChI=1S/C19H24N2O4/c1-12-8-15-10-16(24-2)13(9-17(15)25-12)5-6-18(22)21-7-3-4-14(11-21)19(20)23/h5-6,9-10,12,14H,3-4,7-8,11H2,1-2H3,(H2,20,23)/b6-5+/t12-,14+/m0/s1. The second-order valence-corrected chi connectivity index (χ2v) is 6.69. The summed E-state index contributed by atoms with van der Waals surface area (Å²) in [5.41, 5.74) is 7.29. The fourth-order valence-corrected chi connectivity index (χ4v) is 3.44. The number of carbonyl (C=O) groups is 2. The highest BCUT2D eigenvalue weighted by Gasteiger charge is 2.26. The lowest BCUT2D eigenvalue weighted by molar-refractivity contribution is -0.130. The summed E-state index contributed by atoms with van der Waals surface area (Å²) in [7, 11) is 1.61. The number of methoxy groups -OCH3 is 1. The summed E-state index contributed by atoms with van der Waals surface area (Å²) in [6.07, 6.45) is 5.81. The van der Waals surface area contributed by atoms with E-state index in [1.54, 1.807) is 18.1 Å². The molecule has 1 aromatic rings. The van der Waals surface area contributed by atoms with Crippen LogP contribution in [0.4, 0.5) is 0 Å². The first-order valence-electron chi connectivity index (χ1n) is 8.61. The van der Waals surface area contributed by atoms with Crippen molar-refractivity contribution < 1.29 is 19.1 Å². The van der Waals surface area contributed by atoms with Crippen molar-refractivity contribution in [2.45, 2.75) is 32.3 Å². The molecule has 2 N–H and O–H groups in total. The van der Waals surface area contributed by atoms with Gasteiger partial charge in [-0.3, -0.25) is 9.59 Å². The van der Waals surface area contributed by atoms with Crippen LogP contribution in [0.15, 0.2) is 18.2 Å². The van der Waals surface area contributed by atoms with Gasteiger partial charge in [-0.1, -0.05) is 0 Å². The molecular weight excluding hydrogens is 320 g/mol. The third-order valence-electron chi connectivity index (χ3n) is 4.79. The van der Waals surface area contributed by atoms with Gasteiger partial charge in [-0.05, 0) is 38.0 Å².